The molecule has 2 aliphatic heterocycles. The standard InChI is InChI=1S/C34H33BrN2O3/c1-21(2)19-37(20-22(3)4)24-14-15-27-31(16-24)39-32-18-29(35)30(36-23-10-6-5-7-11-23)17-28(32)34(27)26-13-9-8-12-25(26)33(38)40-34/h5-18,21-22,36H,19-20H2,1-4H3. The second kappa shape index (κ2) is 10.3. The van der Waals surface area contributed by atoms with Gasteiger partial charge in [-0.25, -0.2) is 4.79 Å². The number of halogens is 1. The van der Waals surface area contributed by atoms with Gasteiger partial charge in [-0.15, -0.1) is 0 Å². The third-order valence-corrected chi connectivity index (χ3v) is 8.03. The summed E-state index contributed by atoms with van der Waals surface area (Å²) in [6, 6.07) is 28.0. The summed E-state index contributed by atoms with van der Waals surface area (Å²) in [6.07, 6.45) is 0. The van der Waals surface area contributed by atoms with Crippen LogP contribution in [0.5, 0.6) is 11.5 Å². The smallest absolute Gasteiger partial charge is 0.340 e. The summed E-state index contributed by atoms with van der Waals surface area (Å²) in [5, 5.41) is 3.50. The van der Waals surface area contributed by atoms with Crippen molar-refractivity contribution in [2.24, 2.45) is 11.8 Å². The molecule has 0 amide bonds. The van der Waals surface area contributed by atoms with E-state index in [0.29, 0.717) is 28.9 Å². The zero-order valence-corrected chi connectivity index (χ0v) is 24.8. The number of rotatable bonds is 7. The zero-order chi connectivity index (χ0) is 28.0. The number of esters is 1. The molecular weight excluding hydrogens is 564 g/mol. The fourth-order valence-electron chi connectivity index (χ4n) is 5.82. The number of benzene rings is 4. The van der Waals surface area contributed by atoms with Gasteiger partial charge in [0.2, 0.25) is 0 Å². The van der Waals surface area contributed by atoms with Gasteiger partial charge in [-0.1, -0.05) is 64.1 Å². The van der Waals surface area contributed by atoms with Gasteiger partial charge in [0.25, 0.3) is 0 Å². The molecule has 0 saturated carbocycles. The molecular formula is C34H33BrN2O3. The van der Waals surface area contributed by atoms with E-state index < -0.39 is 5.60 Å². The van der Waals surface area contributed by atoms with Crippen LogP contribution in [0, 0.1) is 11.8 Å². The number of ether oxygens (including phenoxy) is 2. The molecule has 2 heterocycles. The zero-order valence-electron chi connectivity index (χ0n) is 23.2. The van der Waals surface area contributed by atoms with Gasteiger partial charge in [0.05, 0.1) is 11.3 Å². The number of carbonyl (C=O) groups excluding carboxylic acids is 1. The maximum Gasteiger partial charge on any atom is 0.340 e. The Kier molecular flexibility index (Phi) is 6.83. The quantitative estimate of drug-likeness (QED) is 0.216. The second-order valence-corrected chi connectivity index (χ2v) is 12.3. The monoisotopic (exact) mass is 596 g/mol. The van der Waals surface area contributed by atoms with Crippen LogP contribution in [0.1, 0.15) is 54.7 Å². The first-order valence-corrected chi connectivity index (χ1v) is 14.6. The lowest BCUT2D eigenvalue weighted by molar-refractivity contribution is 0.0224. The Balaban J connectivity index is 1.53. The van der Waals surface area contributed by atoms with E-state index in [0.717, 1.165) is 51.3 Å². The number of nitrogens with zero attached hydrogens (tertiary/aromatic N) is 1. The second-order valence-electron chi connectivity index (χ2n) is 11.4. The summed E-state index contributed by atoms with van der Waals surface area (Å²) in [4.78, 5) is 15.7. The van der Waals surface area contributed by atoms with Crippen LogP contribution >= 0.6 is 15.9 Å². The van der Waals surface area contributed by atoms with Crippen molar-refractivity contribution in [3.05, 3.63) is 112 Å². The fourth-order valence-corrected chi connectivity index (χ4v) is 6.24. The molecule has 0 fully saturated rings. The molecule has 204 valence electrons. The molecule has 6 heteroatoms. The van der Waals surface area contributed by atoms with Gasteiger partial charge in [0.15, 0.2) is 5.60 Å². The molecule has 5 nitrogen and oxygen atoms in total. The van der Waals surface area contributed by atoms with Gasteiger partial charge in [-0.3, -0.25) is 0 Å². The van der Waals surface area contributed by atoms with Gasteiger partial charge in [-0.2, -0.15) is 0 Å². The number of anilines is 3. The molecule has 6 rings (SSSR count). The molecule has 2 aliphatic rings. The number of nitrogens with one attached hydrogen (secondary N) is 1. The van der Waals surface area contributed by atoms with Crippen LogP contribution in [-0.2, 0) is 10.3 Å². The van der Waals surface area contributed by atoms with Crippen molar-refractivity contribution in [1.29, 1.82) is 0 Å². The fraction of sp³-hybridized carbons (Fsp3) is 0.265. The Morgan fingerprint density at radius 3 is 2.20 bits per heavy atom. The minimum Gasteiger partial charge on any atom is -0.456 e. The highest BCUT2D eigenvalue weighted by atomic mass is 79.9. The van der Waals surface area contributed by atoms with Crippen LogP contribution in [0.15, 0.2) is 89.4 Å². The van der Waals surface area contributed by atoms with Crippen LogP contribution in [-0.4, -0.2) is 19.1 Å². The average Bonchev–Trinajstić information content (AvgIpc) is 3.22. The van der Waals surface area contributed by atoms with Crippen LogP contribution in [0.3, 0.4) is 0 Å². The average molecular weight is 598 g/mol. The van der Waals surface area contributed by atoms with Crippen molar-refractivity contribution < 1.29 is 14.3 Å². The largest absolute Gasteiger partial charge is 0.456 e. The lowest BCUT2D eigenvalue weighted by Crippen LogP contribution is -2.34. The highest BCUT2D eigenvalue weighted by molar-refractivity contribution is 9.10. The first-order valence-electron chi connectivity index (χ1n) is 13.8. The summed E-state index contributed by atoms with van der Waals surface area (Å²) in [6.45, 7) is 10.8. The third kappa shape index (κ3) is 4.54. The predicted molar refractivity (Wildman–Crippen MR) is 164 cm³/mol. The van der Waals surface area contributed by atoms with Crippen molar-refractivity contribution in [3.8, 4) is 11.5 Å². The van der Waals surface area contributed by atoms with E-state index in [-0.39, 0.29) is 5.97 Å². The molecule has 1 atom stereocenters. The summed E-state index contributed by atoms with van der Waals surface area (Å²) >= 11 is 3.75. The van der Waals surface area contributed by atoms with Gasteiger partial charge < -0.3 is 19.7 Å². The van der Waals surface area contributed by atoms with Gasteiger partial charge >= 0.3 is 5.97 Å². The number of hydrogen-bond donors (Lipinski definition) is 1. The van der Waals surface area contributed by atoms with E-state index in [9.17, 15) is 4.79 Å². The number of fused-ring (bicyclic) bond motifs is 6. The number of hydrogen-bond acceptors (Lipinski definition) is 5. The Labute approximate surface area is 244 Å². The molecule has 0 radical (unpaired) electrons. The van der Waals surface area contributed by atoms with Gasteiger partial charge in [-0.05, 0) is 70.2 Å². The van der Waals surface area contributed by atoms with Crippen molar-refractivity contribution >= 4 is 39.0 Å². The molecule has 0 aromatic heterocycles. The Bertz CT molecular complexity index is 1570. The van der Waals surface area contributed by atoms with E-state index in [2.05, 4.69) is 72.0 Å². The predicted octanol–water partition coefficient (Wildman–Crippen LogP) is 8.88. The topological polar surface area (TPSA) is 50.8 Å². The van der Waals surface area contributed by atoms with Gasteiger partial charge in [0, 0.05) is 51.7 Å². The molecule has 4 aromatic carbocycles. The summed E-state index contributed by atoms with van der Waals surface area (Å²) in [5.41, 5.74) is 4.80. The van der Waals surface area contributed by atoms with Crippen molar-refractivity contribution in [1.82, 2.24) is 0 Å². The molecule has 40 heavy (non-hydrogen) atoms. The maximum absolute atomic E-state index is 13.3. The maximum atomic E-state index is 13.3. The molecule has 0 saturated heterocycles. The molecule has 1 unspecified atom stereocenters. The van der Waals surface area contributed by atoms with Crippen LogP contribution in [0.2, 0.25) is 0 Å². The van der Waals surface area contributed by atoms with Crippen molar-refractivity contribution in [2.75, 3.05) is 23.3 Å². The first-order chi connectivity index (χ1) is 19.3. The summed E-state index contributed by atoms with van der Waals surface area (Å²) in [5.74, 6) is 2.04. The molecule has 0 aliphatic carbocycles. The van der Waals surface area contributed by atoms with Crippen molar-refractivity contribution in [2.45, 2.75) is 33.3 Å². The van der Waals surface area contributed by atoms with E-state index in [1.807, 2.05) is 66.7 Å². The molecule has 0 bridgehead atoms. The Morgan fingerprint density at radius 1 is 0.800 bits per heavy atom. The first kappa shape index (κ1) is 26.5. The third-order valence-electron chi connectivity index (χ3n) is 7.37. The summed E-state index contributed by atoms with van der Waals surface area (Å²) in [7, 11) is 0. The minimum absolute atomic E-state index is 0.333. The molecule has 1 N–H and O–H groups in total. The lowest BCUT2D eigenvalue weighted by Gasteiger charge is -2.38. The highest BCUT2D eigenvalue weighted by Crippen LogP contribution is 2.57. The van der Waals surface area contributed by atoms with Crippen LogP contribution in [0.4, 0.5) is 17.1 Å². The van der Waals surface area contributed by atoms with Crippen LogP contribution < -0.4 is 15.0 Å². The molecule has 1 spiro atoms. The minimum atomic E-state index is -1.12. The van der Waals surface area contributed by atoms with E-state index in [1.165, 1.54) is 0 Å². The number of carbonyl (C=O) groups is 1. The van der Waals surface area contributed by atoms with Gasteiger partial charge in [0.1, 0.15) is 11.5 Å². The highest BCUT2D eigenvalue weighted by Gasteiger charge is 2.53. The van der Waals surface area contributed by atoms with E-state index in [4.69, 9.17) is 9.47 Å². The molecule has 4 aromatic rings. The SMILES string of the molecule is CC(C)CN(CC(C)C)c1ccc2c(c1)Oc1cc(Br)c(Nc3ccccc3)cc1C21OC(=O)c2ccccc21. The lowest BCUT2D eigenvalue weighted by atomic mass is 9.77. The normalized spacial score (nSPS) is 16.8. The van der Waals surface area contributed by atoms with Crippen LogP contribution in [0.25, 0.3) is 0 Å². The van der Waals surface area contributed by atoms with Crippen molar-refractivity contribution in [3.63, 3.8) is 0 Å². The Morgan fingerprint density at radius 2 is 1.48 bits per heavy atom. The summed E-state index contributed by atoms with van der Waals surface area (Å²) < 4.78 is 13.9. The Hall–Kier alpha value is -3.77. The van der Waals surface area contributed by atoms with E-state index >= 15 is 0 Å². The number of para-hydroxylation sites is 1. The van der Waals surface area contributed by atoms with E-state index in [1.54, 1.807) is 0 Å².